The Kier molecular flexibility index (Phi) is 8.61. The van der Waals surface area contributed by atoms with Crippen LogP contribution in [-0.2, 0) is 4.74 Å². The molecule has 0 aromatic heterocycles. The Hall–Kier alpha value is -0.160. The lowest BCUT2D eigenvalue weighted by Gasteiger charge is -2.21. The van der Waals surface area contributed by atoms with E-state index in [1.54, 1.807) is 7.11 Å². The molecule has 0 aromatic carbocycles. The van der Waals surface area contributed by atoms with Crippen LogP contribution in [0.3, 0.4) is 0 Å². The molecule has 0 radical (unpaired) electrons. The Morgan fingerprint density at radius 3 is 2.65 bits per heavy atom. The monoisotopic (exact) mass is 243 g/mol. The van der Waals surface area contributed by atoms with Gasteiger partial charge in [0.15, 0.2) is 0 Å². The summed E-state index contributed by atoms with van der Waals surface area (Å²) in [6.45, 7) is 9.13. The van der Waals surface area contributed by atoms with Crippen molar-refractivity contribution in [2.45, 2.75) is 19.3 Å². The van der Waals surface area contributed by atoms with Crippen LogP contribution >= 0.6 is 0 Å². The van der Waals surface area contributed by atoms with Gasteiger partial charge in [-0.05, 0) is 52.5 Å². The molecule has 102 valence electrons. The third-order valence-electron chi connectivity index (χ3n) is 3.37. The first-order chi connectivity index (χ1) is 8.33. The van der Waals surface area contributed by atoms with Crippen LogP contribution in [0.15, 0.2) is 0 Å². The number of ether oxygens (including phenoxy) is 1. The first-order valence-electron chi connectivity index (χ1n) is 6.93. The topological polar surface area (TPSA) is 27.7 Å². The van der Waals surface area contributed by atoms with E-state index in [9.17, 15) is 0 Å². The third-order valence-corrected chi connectivity index (χ3v) is 3.37. The molecule has 0 aliphatic carbocycles. The van der Waals surface area contributed by atoms with Crippen molar-refractivity contribution in [2.24, 2.45) is 0 Å². The minimum atomic E-state index is 0.810. The highest BCUT2D eigenvalue weighted by molar-refractivity contribution is 4.67. The number of hydrogen-bond donors (Lipinski definition) is 1. The van der Waals surface area contributed by atoms with Crippen LogP contribution in [0, 0.1) is 0 Å². The second-order valence-corrected chi connectivity index (χ2v) is 4.95. The van der Waals surface area contributed by atoms with Crippen LogP contribution in [0.25, 0.3) is 0 Å². The fraction of sp³-hybridized carbons (Fsp3) is 1.00. The lowest BCUT2D eigenvalue weighted by Crippen LogP contribution is -2.33. The van der Waals surface area contributed by atoms with Crippen molar-refractivity contribution >= 4 is 0 Å². The Labute approximate surface area is 106 Å². The van der Waals surface area contributed by atoms with E-state index >= 15 is 0 Å². The summed E-state index contributed by atoms with van der Waals surface area (Å²) in [5.41, 5.74) is 0. The molecular weight excluding hydrogens is 214 g/mol. The Morgan fingerprint density at radius 2 is 1.94 bits per heavy atom. The van der Waals surface area contributed by atoms with E-state index in [0.29, 0.717) is 0 Å². The van der Waals surface area contributed by atoms with E-state index in [1.165, 1.54) is 52.0 Å². The van der Waals surface area contributed by atoms with E-state index in [2.05, 4.69) is 22.2 Å². The molecule has 4 nitrogen and oxygen atoms in total. The molecule has 0 amide bonds. The number of nitrogens with zero attached hydrogens (tertiary/aromatic N) is 2. The molecule has 0 bridgehead atoms. The molecule has 1 aliphatic rings. The van der Waals surface area contributed by atoms with Crippen molar-refractivity contribution in [3.63, 3.8) is 0 Å². The molecule has 0 aromatic rings. The normalized spacial score (nSPS) is 17.1. The highest BCUT2D eigenvalue weighted by atomic mass is 16.5. The molecule has 0 unspecified atom stereocenters. The van der Waals surface area contributed by atoms with Gasteiger partial charge in [0.05, 0.1) is 6.61 Å². The summed E-state index contributed by atoms with van der Waals surface area (Å²) in [5.74, 6) is 0. The molecule has 1 fully saturated rings. The number of nitrogens with one attached hydrogen (secondary N) is 1. The lowest BCUT2D eigenvalue weighted by molar-refractivity contribution is 0.198. The zero-order valence-corrected chi connectivity index (χ0v) is 11.6. The highest BCUT2D eigenvalue weighted by Crippen LogP contribution is 2.06. The smallest absolute Gasteiger partial charge is 0.0587 e. The maximum atomic E-state index is 4.99. The summed E-state index contributed by atoms with van der Waals surface area (Å²) in [4.78, 5) is 5.02. The van der Waals surface area contributed by atoms with Crippen molar-refractivity contribution < 1.29 is 4.74 Å². The van der Waals surface area contributed by atoms with Gasteiger partial charge in [-0.3, -0.25) is 0 Å². The Morgan fingerprint density at radius 1 is 1.18 bits per heavy atom. The van der Waals surface area contributed by atoms with Gasteiger partial charge in [-0.15, -0.1) is 0 Å². The highest BCUT2D eigenvalue weighted by Gasteiger charge is 2.11. The summed E-state index contributed by atoms with van der Waals surface area (Å²) in [6, 6.07) is 0. The van der Waals surface area contributed by atoms with Gasteiger partial charge < -0.3 is 19.9 Å². The SMILES string of the molecule is COCCNCCCN(C)CCN1CCCC1. The van der Waals surface area contributed by atoms with Crippen LogP contribution in [0.5, 0.6) is 0 Å². The van der Waals surface area contributed by atoms with Crippen molar-refractivity contribution in [1.82, 2.24) is 15.1 Å². The fourth-order valence-electron chi connectivity index (χ4n) is 2.20. The molecule has 1 N–H and O–H groups in total. The molecular formula is C13H29N3O. The lowest BCUT2D eigenvalue weighted by atomic mass is 10.3. The largest absolute Gasteiger partial charge is 0.383 e. The summed E-state index contributed by atoms with van der Waals surface area (Å²) in [7, 11) is 3.97. The van der Waals surface area contributed by atoms with Crippen LogP contribution in [0.4, 0.5) is 0 Å². The average molecular weight is 243 g/mol. The molecule has 0 atom stereocenters. The zero-order valence-electron chi connectivity index (χ0n) is 11.6. The fourth-order valence-corrected chi connectivity index (χ4v) is 2.20. The van der Waals surface area contributed by atoms with E-state index in [1.807, 2.05) is 0 Å². The van der Waals surface area contributed by atoms with Gasteiger partial charge in [0.25, 0.3) is 0 Å². The maximum absolute atomic E-state index is 4.99. The Bertz CT molecular complexity index is 172. The molecule has 4 heteroatoms. The van der Waals surface area contributed by atoms with Gasteiger partial charge in [-0.1, -0.05) is 0 Å². The Balaban J connectivity index is 1.85. The van der Waals surface area contributed by atoms with E-state index in [0.717, 1.165) is 19.7 Å². The molecule has 1 rings (SSSR count). The van der Waals surface area contributed by atoms with Gasteiger partial charge in [-0.25, -0.2) is 0 Å². The van der Waals surface area contributed by atoms with Gasteiger partial charge >= 0.3 is 0 Å². The standard InChI is InChI=1S/C13H29N3O/c1-15(8-5-6-14-7-13-17-2)11-12-16-9-3-4-10-16/h14H,3-13H2,1-2H3. The number of rotatable bonds is 10. The summed E-state index contributed by atoms with van der Waals surface area (Å²) in [6.07, 6.45) is 4.01. The van der Waals surface area contributed by atoms with Crippen LogP contribution in [-0.4, -0.2) is 76.4 Å². The van der Waals surface area contributed by atoms with E-state index < -0.39 is 0 Å². The number of likely N-dealkylation sites (N-methyl/N-ethyl adjacent to an activating group) is 1. The van der Waals surface area contributed by atoms with Crippen molar-refractivity contribution in [1.29, 1.82) is 0 Å². The van der Waals surface area contributed by atoms with Gasteiger partial charge in [0.2, 0.25) is 0 Å². The molecule has 0 spiro atoms. The molecule has 17 heavy (non-hydrogen) atoms. The third kappa shape index (κ3) is 7.71. The van der Waals surface area contributed by atoms with Crippen LogP contribution < -0.4 is 5.32 Å². The first kappa shape index (κ1) is 14.9. The van der Waals surface area contributed by atoms with Gasteiger partial charge in [0, 0.05) is 26.7 Å². The molecule has 1 heterocycles. The van der Waals surface area contributed by atoms with Crippen LogP contribution in [0.1, 0.15) is 19.3 Å². The van der Waals surface area contributed by atoms with Crippen molar-refractivity contribution in [2.75, 3.05) is 66.6 Å². The summed E-state index contributed by atoms with van der Waals surface area (Å²) < 4.78 is 4.99. The van der Waals surface area contributed by atoms with Gasteiger partial charge in [-0.2, -0.15) is 0 Å². The minimum absolute atomic E-state index is 0.810. The second kappa shape index (κ2) is 9.83. The van der Waals surface area contributed by atoms with Crippen molar-refractivity contribution in [3.8, 4) is 0 Å². The minimum Gasteiger partial charge on any atom is -0.383 e. The second-order valence-electron chi connectivity index (χ2n) is 4.95. The first-order valence-corrected chi connectivity index (χ1v) is 6.93. The summed E-state index contributed by atoms with van der Waals surface area (Å²) >= 11 is 0. The maximum Gasteiger partial charge on any atom is 0.0587 e. The van der Waals surface area contributed by atoms with Gasteiger partial charge in [0.1, 0.15) is 0 Å². The van der Waals surface area contributed by atoms with E-state index in [-0.39, 0.29) is 0 Å². The average Bonchev–Trinajstić information content (AvgIpc) is 2.84. The zero-order chi connectivity index (χ0) is 12.3. The number of hydrogen-bond acceptors (Lipinski definition) is 4. The number of likely N-dealkylation sites (tertiary alicyclic amines) is 1. The quantitative estimate of drug-likeness (QED) is 0.570. The summed E-state index contributed by atoms with van der Waals surface area (Å²) in [5, 5.41) is 3.38. The molecule has 1 aliphatic heterocycles. The predicted octanol–water partition coefficient (Wildman–Crippen LogP) is 0.640. The van der Waals surface area contributed by atoms with E-state index in [4.69, 9.17) is 4.74 Å². The van der Waals surface area contributed by atoms with Crippen molar-refractivity contribution in [3.05, 3.63) is 0 Å². The molecule has 1 saturated heterocycles. The predicted molar refractivity (Wildman–Crippen MR) is 72.5 cm³/mol. The van der Waals surface area contributed by atoms with Crippen LogP contribution in [0.2, 0.25) is 0 Å². The molecule has 0 saturated carbocycles. The number of methoxy groups -OCH3 is 1.